The molecule has 0 aromatic heterocycles. The molecule has 0 bridgehead atoms. The first-order chi connectivity index (χ1) is 9.91. The van der Waals surface area contributed by atoms with Gasteiger partial charge in [0.1, 0.15) is 5.82 Å². The number of carbonyl (C=O) groups is 1. The lowest BCUT2D eigenvalue weighted by Crippen LogP contribution is -2.27. The lowest BCUT2D eigenvalue weighted by molar-refractivity contribution is 0.0779. The van der Waals surface area contributed by atoms with E-state index < -0.39 is 11.7 Å². The molecule has 0 unspecified atom stereocenters. The lowest BCUT2D eigenvalue weighted by atomic mass is 10.1. The third kappa shape index (κ3) is 3.57. The molecule has 0 N–H and O–H groups in total. The summed E-state index contributed by atoms with van der Waals surface area (Å²) in [4.78, 5) is 13.8. The highest BCUT2D eigenvalue weighted by atomic mass is 79.9. The Morgan fingerprint density at radius 1 is 1.24 bits per heavy atom. The Hall–Kier alpha value is -1.10. The zero-order valence-corrected chi connectivity index (χ0v) is 14.1. The van der Waals surface area contributed by atoms with Gasteiger partial charge in [0, 0.05) is 18.1 Å². The molecule has 0 saturated carbocycles. The minimum absolute atomic E-state index is 0.00171. The molecule has 2 aromatic rings. The minimum Gasteiger partial charge on any atom is -0.337 e. The summed E-state index contributed by atoms with van der Waals surface area (Å²) < 4.78 is 14.2. The number of benzene rings is 2. The van der Waals surface area contributed by atoms with Crippen molar-refractivity contribution < 1.29 is 9.18 Å². The van der Waals surface area contributed by atoms with E-state index in [4.69, 9.17) is 23.2 Å². The summed E-state index contributed by atoms with van der Waals surface area (Å²) in [6, 6.07) is 9.59. The van der Waals surface area contributed by atoms with Crippen molar-refractivity contribution in [2.75, 3.05) is 7.05 Å². The topological polar surface area (TPSA) is 20.3 Å². The summed E-state index contributed by atoms with van der Waals surface area (Å²) in [5, 5.41) is 0.813. The summed E-state index contributed by atoms with van der Waals surface area (Å²) in [5.74, 6) is -1.01. The largest absolute Gasteiger partial charge is 0.337 e. The number of carbonyl (C=O) groups excluding carboxylic acids is 1. The fourth-order valence-electron chi connectivity index (χ4n) is 1.89. The smallest absolute Gasteiger partial charge is 0.258 e. The van der Waals surface area contributed by atoms with Crippen LogP contribution in [0.15, 0.2) is 40.9 Å². The van der Waals surface area contributed by atoms with Gasteiger partial charge < -0.3 is 4.90 Å². The summed E-state index contributed by atoms with van der Waals surface area (Å²) in [7, 11) is 1.58. The monoisotopic (exact) mass is 389 g/mol. The van der Waals surface area contributed by atoms with Crippen LogP contribution in [-0.4, -0.2) is 17.9 Å². The van der Waals surface area contributed by atoms with E-state index in [0.29, 0.717) is 20.1 Å². The molecule has 6 heteroatoms. The van der Waals surface area contributed by atoms with E-state index in [-0.39, 0.29) is 12.1 Å². The summed E-state index contributed by atoms with van der Waals surface area (Å²) in [6.45, 7) is 0.235. The zero-order valence-electron chi connectivity index (χ0n) is 11.0. The van der Waals surface area contributed by atoms with Crippen LogP contribution in [0.2, 0.25) is 10.0 Å². The number of rotatable bonds is 3. The second-order valence-electron chi connectivity index (χ2n) is 4.47. The van der Waals surface area contributed by atoms with Gasteiger partial charge >= 0.3 is 0 Å². The second-order valence-corrected chi connectivity index (χ2v) is 6.11. The van der Waals surface area contributed by atoms with Crippen molar-refractivity contribution in [1.29, 1.82) is 0 Å². The van der Waals surface area contributed by atoms with Crippen molar-refractivity contribution in [3.63, 3.8) is 0 Å². The number of hydrogen-bond acceptors (Lipinski definition) is 1. The Morgan fingerprint density at radius 3 is 2.57 bits per heavy atom. The first kappa shape index (κ1) is 16.3. The molecule has 0 saturated heterocycles. The maximum absolute atomic E-state index is 13.8. The normalized spacial score (nSPS) is 10.5. The van der Waals surface area contributed by atoms with Gasteiger partial charge in [-0.25, -0.2) is 4.39 Å². The second kappa shape index (κ2) is 6.77. The third-order valence-electron chi connectivity index (χ3n) is 2.96. The molecule has 2 rings (SSSR count). The van der Waals surface area contributed by atoms with Gasteiger partial charge in [-0.1, -0.05) is 41.4 Å². The van der Waals surface area contributed by atoms with Gasteiger partial charge in [-0.05, 0) is 39.7 Å². The third-order valence-corrected chi connectivity index (χ3v) is 4.48. The van der Waals surface area contributed by atoms with E-state index >= 15 is 0 Å². The SMILES string of the molecule is CN(Cc1cccc(Cl)c1Cl)C(=O)c1c(F)cccc1Br. The highest BCUT2D eigenvalue weighted by molar-refractivity contribution is 9.10. The van der Waals surface area contributed by atoms with Crippen molar-refractivity contribution in [2.45, 2.75) is 6.54 Å². The van der Waals surface area contributed by atoms with Crippen molar-refractivity contribution in [3.8, 4) is 0 Å². The number of halogens is 4. The molecule has 0 heterocycles. The molecule has 110 valence electrons. The number of hydrogen-bond donors (Lipinski definition) is 0. The molecule has 0 spiro atoms. The predicted octanol–water partition coefficient (Wildman–Crippen LogP) is 5.17. The standard InChI is InChI=1S/C15H11BrCl2FNO/c1-20(8-9-4-2-6-11(17)14(9)18)15(21)13-10(16)5-3-7-12(13)19/h2-7H,8H2,1H3. The Balaban J connectivity index is 2.26. The van der Waals surface area contributed by atoms with Crippen LogP contribution in [0, 0.1) is 5.82 Å². The van der Waals surface area contributed by atoms with Crippen LogP contribution >= 0.6 is 39.1 Å². The maximum Gasteiger partial charge on any atom is 0.258 e. The lowest BCUT2D eigenvalue weighted by Gasteiger charge is -2.19. The van der Waals surface area contributed by atoms with Crippen LogP contribution < -0.4 is 0 Å². The molecule has 0 aliphatic heterocycles. The Bertz CT molecular complexity index is 673. The maximum atomic E-state index is 13.8. The number of nitrogens with zero attached hydrogens (tertiary/aromatic N) is 1. The molecule has 0 aliphatic carbocycles. The van der Waals surface area contributed by atoms with Crippen LogP contribution in [0.25, 0.3) is 0 Å². The molecule has 0 atom stereocenters. The minimum atomic E-state index is -0.571. The van der Waals surface area contributed by atoms with E-state index in [1.54, 1.807) is 31.3 Å². The van der Waals surface area contributed by atoms with Gasteiger partial charge in [-0.15, -0.1) is 0 Å². The van der Waals surface area contributed by atoms with E-state index in [2.05, 4.69) is 15.9 Å². The molecule has 0 aliphatic rings. The molecule has 0 fully saturated rings. The van der Waals surface area contributed by atoms with Crippen molar-refractivity contribution >= 4 is 45.0 Å². The van der Waals surface area contributed by atoms with E-state index in [1.807, 2.05) is 0 Å². The van der Waals surface area contributed by atoms with E-state index in [9.17, 15) is 9.18 Å². The number of amides is 1. The van der Waals surface area contributed by atoms with Gasteiger partial charge in [0.05, 0.1) is 15.6 Å². The molecule has 2 nitrogen and oxygen atoms in total. The van der Waals surface area contributed by atoms with E-state index in [0.717, 1.165) is 0 Å². The Morgan fingerprint density at radius 2 is 1.90 bits per heavy atom. The molecule has 21 heavy (non-hydrogen) atoms. The van der Waals surface area contributed by atoms with Gasteiger partial charge in [0.15, 0.2) is 0 Å². The molecule has 1 amide bonds. The summed E-state index contributed by atoms with van der Waals surface area (Å²) >= 11 is 15.2. The van der Waals surface area contributed by atoms with Crippen LogP contribution in [0.1, 0.15) is 15.9 Å². The highest BCUT2D eigenvalue weighted by Crippen LogP contribution is 2.27. The van der Waals surface area contributed by atoms with Crippen molar-refractivity contribution in [2.24, 2.45) is 0 Å². The average molecular weight is 391 g/mol. The van der Waals surface area contributed by atoms with Gasteiger partial charge in [0.25, 0.3) is 5.91 Å². The van der Waals surface area contributed by atoms with Crippen molar-refractivity contribution in [1.82, 2.24) is 4.90 Å². The predicted molar refractivity (Wildman–Crippen MR) is 86.4 cm³/mol. The van der Waals surface area contributed by atoms with Gasteiger partial charge in [-0.3, -0.25) is 4.79 Å². The van der Waals surface area contributed by atoms with Gasteiger partial charge in [-0.2, -0.15) is 0 Å². The summed E-state index contributed by atoms with van der Waals surface area (Å²) in [6.07, 6.45) is 0. The van der Waals surface area contributed by atoms with Crippen LogP contribution in [-0.2, 0) is 6.54 Å². The molecule has 0 radical (unpaired) electrons. The first-order valence-corrected chi connectivity index (χ1v) is 7.59. The Kier molecular flexibility index (Phi) is 5.25. The molecule has 2 aromatic carbocycles. The quantitative estimate of drug-likeness (QED) is 0.708. The molecular formula is C15H11BrCl2FNO. The van der Waals surface area contributed by atoms with Gasteiger partial charge in [0.2, 0.25) is 0 Å². The summed E-state index contributed by atoms with van der Waals surface area (Å²) in [5.41, 5.74) is 0.700. The molecular weight excluding hydrogens is 380 g/mol. The first-order valence-electron chi connectivity index (χ1n) is 6.04. The highest BCUT2D eigenvalue weighted by Gasteiger charge is 2.20. The van der Waals surface area contributed by atoms with E-state index in [1.165, 1.54) is 17.0 Å². The van der Waals surface area contributed by atoms with Crippen LogP contribution in [0.4, 0.5) is 4.39 Å². The fraction of sp³-hybridized carbons (Fsp3) is 0.133. The average Bonchev–Trinajstić information content (AvgIpc) is 2.43. The fourth-order valence-corrected chi connectivity index (χ4v) is 2.78. The van der Waals surface area contributed by atoms with Crippen LogP contribution in [0.5, 0.6) is 0 Å². The zero-order chi connectivity index (χ0) is 15.6. The van der Waals surface area contributed by atoms with Crippen molar-refractivity contribution in [3.05, 3.63) is 67.9 Å². The Labute approximate surface area is 140 Å². The van der Waals surface area contributed by atoms with Crippen LogP contribution in [0.3, 0.4) is 0 Å².